The summed E-state index contributed by atoms with van der Waals surface area (Å²) in [5, 5.41) is 1.95. The van der Waals surface area contributed by atoms with E-state index in [0.29, 0.717) is 0 Å². The van der Waals surface area contributed by atoms with E-state index in [0.717, 1.165) is 0 Å². The van der Waals surface area contributed by atoms with Crippen molar-refractivity contribution < 1.29 is 23.9 Å². The van der Waals surface area contributed by atoms with Gasteiger partial charge in [-0.2, -0.15) is 0 Å². The highest BCUT2D eigenvalue weighted by molar-refractivity contribution is 7.51. The van der Waals surface area contributed by atoms with Gasteiger partial charge in [-0.05, 0) is 20.8 Å². The molecule has 0 aromatic rings. The molecule has 7 heteroatoms. The molecule has 0 bridgehead atoms. The Morgan fingerprint density at radius 1 is 1.46 bits per heavy atom. The first kappa shape index (κ1) is 12.4. The van der Waals surface area contributed by atoms with Crippen LogP contribution in [-0.2, 0) is 9.30 Å². The summed E-state index contributed by atoms with van der Waals surface area (Å²) in [5.74, 6) is 0. The average Bonchev–Trinajstić information content (AvgIpc) is 1.78. The van der Waals surface area contributed by atoms with Gasteiger partial charge in [-0.15, -0.1) is 0 Å². The lowest BCUT2D eigenvalue weighted by atomic mass is 10.2. The molecule has 0 spiro atoms. The van der Waals surface area contributed by atoms with Crippen molar-refractivity contribution in [1.29, 1.82) is 0 Å². The Labute approximate surface area is 76.4 Å². The maximum absolute atomic E-state index is 10.8. The lowest BCUT2D eigenvalue weighted by Gasteiger charge is -2.19. The first-order valence-corrected chi connectivity index (χ1v) is 5.41. The van der Waals surface area contributed by atoms with Crippen LogP contribution in [0.25, 0.3) is 0 Å². The fourth-order valence-electron chi connectivity index (χ4n) is 0.482. The molecular formula is C6H14NO5P. The number of carbonyl (C=O) groups excluding carboxylic acids is 1. The Morgan fingerprint density at radius 2 is 1.92 bits per heavy atom. The van der Waals surface area contributed by atoms with Gasteiger partial charge in [0.1, 0.15) is 11.9 Å². The van der Waals surface area contributed by atoms with Crippen molar-refractivity contribution in [2.45, 2.75) is 26.4 Å². The smallest absolute Gasteiger partial charge is 0.408 e. The maximum Gasteiger partial charge on any atom is 0.408 e. The topological polar surface area (TPSA) is 95.9 Å². The van der Waals surface area contributed by atoms with E-state index >= 15 is 0 Å². The number of alkyl carbamates (subject to hydrolysis) is 1. The quantitative estimate of drug-likeness (QED) is 0.582. The second-order valence-electron chi connectivity index (χ2n) is 3.50. The minimum absolute atomic E-state index is 0.668. The van der Waals surface area contributed by atoms with E-state index < -0.39 is 25.6 Å². The lowest BCUT2D eigenvalue weighted by molar-refractivity contribution is 0.0533. The molecule has 13 heavy (non-hydrogen) atoms. The molecule has 0 aromatic heterocycles. The van der Waals surface area contributed by atoms with Crippen LogP contribution in [0.3, 0.4) is 0 Å². The van der Waals surface area contributed by atoms with Crippen LogP contribution in [0.2, 0.25) is 0 Å². The van der Waals surface area contributed by atoms with E-state index in [1.807, 2.05) is 5.32 Å². The molecule has 0 unspecified atom stereocenters. The first-order valence-electron chi connectivity index (χ1n) is 3.61. The molecule has 0 radical (unpaired) electrons. The molecule has 0 rings (SSSR count). The SMILES string of the molecule is CC(C)(C)OC(=O)NCP(=O)(O)O. The molecule has 0 aromatic carbocycles. The molecule has 0 saturated carbocycles. The molecule has 0 heterocycles. The van der Waals surface area contributed by atoms with Gasteiger partial charge in [0.25, 0.3) is 0 Å². The third kappa shape index (κ3) is 9.33. The zero-order valence-electron chi connectivity index (χ0n) is 7.77. The predicted molar refractivity (Wildman–Crippen MR) is 46.3 cm³/mol. The van der Waals surface area contributed by atoms with Gasteiger partial charge in [-0.25, -0.2) is 4.79 Å². The Kier molecular flexibility index (Phi) is 3.90. The van der Waals surface area contributed by atoms with Gasteiger partial charge in [-0.1, -0.05) is 0 Å². The Morgan fingerprint density at radius 3 is 2.23 bits per heavy atom. The monoisotopic (exact) mass is 211 g/mol. The second-order valence-corrected chi connectivity index (χ2v) is 5.15. The van der Waals surface area contributed by atoms with Crippen LogP contribution >= 0.6 is 7.60 Å². The third-order valence-electron chi connectivity index (χ3n) is 0.828. The summed E-state index contributed by atoms with van der Waals surface area (Å²) in [6, 6.07) is 0. The highest BCUT2D eigenvalue weighted by Crippen LogP contribution is 2.31. The molecule has 0 aliphatic carbocycles. The van der Waals surface area contributed by atoms with Crippen molar-refractivity contribution in [3.63, 3.8) is 0 Å². The molecule has 3 N–H and O–H groups in total. The van der Waals surface area contributed by atoms with Gasteiger partial charge >= 0.3 is 13.7 Å². The first-order chi connectivity index (χ1) is 5.60. The average molecular weight is 211 g/mol. The summed E-state index contributed by atoms with van der Waals surface area (Å²) in [7, 11) is -4.20. The molecule has 1 amide bonds. The summed E-state index contributed by atoms with van der Waals surface area (Å²) in [6.45, 7) is 4.97. The van der Waals surface area contributed by atoms with E-state index in [9.17, 15) is 9.36 Å². The normalized spacial score (nSPS) is 12.4. The molecule has 0 fully saturated rings. The number of ether oxygens (including phenoxy) is 1. The van der Waals surface area contributed by atoms with Gasteiger partial charge in [0.15, 0.2) is 0 Å². The zero-order valence-corrected chi connectivity index (χ0v) is 8.67. The Bertz CT molecular complexity index is 228. The van der Waals surface area contributed by atoms with Crippen LogP contribution in [0, 0.1) is 0 Å². The fourth-order valence-corrected chi connectivity index (χ4v) is 0.817. The minimum atomic E-state index is -4.20. The summed E-state index contributed by atoms with van der Waals surface area (Å²) < 4.78 is 15.1. The lowest BCUT2D eigenvalue weighted by Crippen LogP contribution is -2.32. The molecule has 0 aliphatic heterocycles. The van der Waals surface area contributed by atoms with Crippen LogP contribution in [0.15, 0.2) is 0 Å². The van der Waals surface area contributed by atoms with Gasteiger partial charge < -0.3 is 19.8 Å². The fraction of sp³-hybridized carbons (Fsp3) is 0.833. The highest BCUT2D eigenvalue weighted by Gasteiger charge is 2.19. The number of hydrogen-bond acceptors (Lipinski definition) is 3. The van der Waals surface area contributed by atoms with Crippen LogP contribution in [0.5, 0.6) is 0 Å². The Balaban J connectivity index is 3.85. The summed E-state index contributed by atoms with van der Waals surface area (Å²) in [6.07, 6.45) is -1.54. The number of nitrogens with one attached hydrogen (secondary N) is 1. The van der Waals surface area contributed by atoms with E-state index in [1.165, 1.54) is 0 Å². The van der Waals surface area contributed by atoms with Crippen molar-refractivity contribution in [3.8, 4) is 0 Å². The van der Waals surface area contributed by atoms with Crippen LogP contribution in [-0.4, -0.2) is 27.8 Å². The van der Waals surface area contributed by atoms with Crippen molar-refractivity contribution in [3.05, 3.63) is 0 Å². The number of carbonyl (C=O) groups is 1. The van der Waals surface area contributed by atoms with Crippen LogP contribution in [0.4, 0.5) is 4.79 Å². The summed E-state index contributed by atoms with van der Waals surface area (Å²) >= 11 is 0. The van der Waals surface area contributed by atoms with E-state index in [-0.39, 0.29) is 0 Å². The molecule has 0 aliphatic rings. The molecular weight excluding hydrogens is 197 g/mol. The molecule has 0 atom stereocenters. The van der Waals surface area contributed by atoms with Crippen molar-refractivity contribution in [2.24, 2.45) is 0 Å². The summed E-state index contributed by atoms with van der Waals surface area (Å²) in [4.78, 5) is 27.6. The second kappa shape index (κ2) is 4.09. The van der Waals surface area contributed by atoms with Crippen molar-refractivity contribution in [2.75, 3.05) is 6.29 Å². The Hall–Kier alpha value is -0.580. The highest BCUT2D eigenvalue weighted by atomic mass is 31.2. The van der Waals surface area contributed by atoms with E-state index in [1.54, 1.807) is 20.8 Å². The number of rotatable bonds is 2. The largest absolute Gasteiger partial charge is 0.444 e. The van der Waals surface area contributed by atoms with Crippen LogP contribution in [0.1, 0.15) is 20.8 Å². The van der Waals surface area contributed by atoms with Crippen LogP contribution < -0.4 is 5.32 Å². The predicted octanol–water partition coefficient (Wildman–Crippen LogP) is 0.646. The number of amides is 1. The van der Waals surface area contributed by atoms with E-state index in [4.69, 9.17) is 14.5 Å². The van der Waals surface area contributed by atoms with Gasteiger partial charge in [0.05, 0.1) is 0 Å². The summed E-state index contributed by atoms with van der Waals surface area (Å²) in [5.41, 5.74) is -0.668. The van der Waals surface area contributed by atoms with Gasteiger partial charge in [0.2, 0.25) is 0 Å². The van der Waals surface area contributed by atoms with Gasteiger partial charge in [0, 0.05) is 0 Å². The molecule has 6 nitrogen and oxygen atoms in total. The van der Waals surface area contributed by atoms with E-state index in [2.05, 4.69) is 0 Å². The maximum atomic E-state index is 10.8. The number of hydrogen-bond donors (Lipinski definition) is 3. The van der Waals surface area contributed by atoms with Crippen molar-refractivity contribution >= 4 is 13.7 Å². The third-order valence-corrected chi connectivity index (χ3v) is 1.40. The standard InChI is InChI=1S/C6H14NO5P/c1-6(2,3)12-5(8)7-4-13(9,10)11/h4H2,1-3H3,(H,7,8)(H2,9,10,11). The van der Waals surface area contributed by atoms with Gasteiger partial charge in [-0.3, -0.25) is 4.57 Å². The molecule has 78 valence electrons. The molecule has 0 saturated heterocycles. The van der Waals surface area contributed by atoms with Crippen molar-refractivity contribution in [1.82, 2.24) is 5.32 Å². The zero-order chi connectivity index (χ0) is 10.7. The minimum Gasteiger partial charge on any atom is -0.444 e.